The Morgan fingerprint density at radius 1 is 1.38 bits per heavy atom. The van der Waals surface area contributed by atoms with E-state index < -0.39 is 0 Å². The minimum atomic E-state index is -0.303. The minimum Gasteiger partial charge on any atom is -0.496 e. The SMILES string of the molecule is COc1cccc(F)c1CN(CCO)Cc1cncn1C. The highest BCUT2D eigenvalue weighted by atomic mass is 19.1. The van der Waals surface area contributed by atoms with Crippen molar-refractivity contribution >= 4 is 0 Å². The van der Waals surface area contributed by atoms with Gasteiger partial charge in [0.05, 0.1) is 25.7 Å². The average Bonchev–Trinajstić information content (AvgIpc) is 2.86. The molecule has 5 nitrogen and oxygen atoms in total. The predicted octanol–water partition coefficient (Wildman–Crippen LogP) is 1.56. The zero-order valence-corrected chi connectivity index (χ0v) is 12.3. The van der Waals surface area contributed by atoms with Crippen molar-refractivity contribution in [2.45, 2.75) is 13.1 Å². The fourth-order valence-electron chi connectivity index (χ4n) is 2.23. The first-order chi connectivity index (χ1) is 10.2. The average molecular weight is 293 g/mol. The van der Waals surface area contributed by atoms with Crippen LogP contribution in [0.25, 0.3) is 0 Å². The van der Waals surface area contributed by atoms with Crippen LogP contribution in [0.5, 0.6) is 5.75 Å². The summed E-state index contributed by atoms with van der Waals surface area (Å²) >= 11 is 0. The summed E-state index contributed by atoms with van der Waals surface area (Å²) in [6, 6.07) is 4.77. The number of methoxy groups -OCH3 is 1. The number of imidazole rings is 1. The molecular weight excluding hydrogens is 273 g/mol. The van der Waals surface area contributed by atoms with E-state index in [9.17, 15) is 9.50 Å². The maximum absolute atomic E-state index is 14.0. The summed E-state index contributed by atoms with van der Waals surface area (Å²) in [6.07, 6.45) is 3.49. The van der Waals surface area contributed by atoms with E-state index >= 15 is 0 Å². The second-order valence-electron chi connectivity index (χ2n) is 4.85. The number of aliphatic hydroxyl groups excluding tert-OH is 1. The fourth-order valence-corrected chi connectivity index (χ4v) is 2.23. The summed E-state index contributed by atoms with van der Waals surface area (Å²) in [5.74, 6) is 0.213. The molecule has 0 radical (unpaired) electrons. The van der Waals surface area contributed by atoms with E-state index in [-0.39, 0.29) is 12.4 Å². The molecule has 1 aromatic carbocycles. The number of aromatic nitrogens is 2. The van der Waals surface area contributed by atoms with Gasteiger partial charge in [-0.3, -0.25) is 4.90 Å². The number of hydrogen-bond donors (Lipinski definition) is 1. The molecule has 21 heavy (non-hydrogen) atoms. The van der Waals surface area contributed by atoms with Gasteiger partial charge in [-0.2, -0.15) is 0 Å². The van der Waals surface area contributed by atoms with Crippen molar-refractivity contribution in [1.29, 1.82) is 0 Å². The van der Waals surface area contributed by atoms with Crippen LogP contribution < -0.4 is 4.74 Å². The van der Waals surface area contributed by atoms with Gasteiger partial charge in [-0.1, -0.05) is 6.07 Å². The molecule has 0 aliphatic rings. The van der Waals surface area contributed by atoms with Crippen molar-refractivity contribution in [2.75, 3.05) is 20.3 Å². The van der Waals surface area contributed by atoms with E-state index in [0.717, 1.165) is 5.69 Å². The van der Waals surface area contributed by atoms with Crippen LogP contribution in [0, 0.1) is 5.82 Å². The van der Waals surface area contributed by atoms with E-state index in [4.69, 9.17) is 4.74 Å². The van der Waals surface area contributed by atoms with Crippen molar-refractivity contribution in [3.05, 3.63) is 47.8 Å². The lowest BCUT2D eigenvalue weighted by atomic mass is 10.1. The zero-order chi connectivity index (χ0) is 15.2. The van der Waals surface area contributed by atoms with Gasteiger partial charge in [0, 0.05) is 38.4 Å². The molecule has 0 spiro atoms. The molecule has 2 rings (SSSR count). The van der Waals surface area contributed by atoms with Crippen LogP contribution in [0.15, 0.2) is 30.7 Å². The number of aryl methyl sites for hydroxylation is 1. The number of hydrogen-bond acceptors (Lipinski definition) is 4. The number of nitrogens with zero attached hydrogens (tertiary/aromatic N) is 3. The fraction of sp³-hybridized carbons (Fsp3) is 0.400. The second kappa shape index (κ2) is 7.19. The molecule has 0 bridgehead atoms. The highest BCUT2D eigenvalue weighted by Crippen LogP contribution is 2.23. The number of rotatable bonds is 7. The van der Waals surface area contributed by atoms with E-state index in [1.54, 1.807) is 24.7 Å². The van der Waals surface area contributed by atoms with Gasteiger partial charge in [0.2, 0.25) is 0 Å². The highest BCUT2D eigenvalue weighted by Gasteiger charge is 2.15. The molecule has 1 heterocycles. The molecule has 0 saturated carbocycles. The first kappa shape index (κ1) is 15.5. The van der Waals surface area contributed by atoms with Crippen LogP contribution in [0.1, 0.15) is 11.3 Å². The van der Waals surface area contributed by atoms with Crippen molar-refractivity contribution < 1.29 is 14.2 Å². The monoisotopic (exact) mass is 293 g/mol. The molecule has 0 aliphatic heterocycles. The van der Waals surface area contributed by atoms with Crippen LogP contribution >= 0.6 is 0 Å². The Hall–Kier alpha value is -1.92. The molecule has 0 aliphatic carbocycles. The third-order valence-electron chi connectivity index (χ3n) is 3.40. The molecule has 0 atom stereocenters. The molecule has 1 N–H and O–H groups in total. The Morgan fingerprint density at radius 2 is 2.19 bits per heavy atom. The van der Waals surface area contributed by atoms with Gasteiger partial charge in [0.1, 0.15) is 11.6 Å². The number of benzene rings is 1. The zero-order valence-electron chi connectivity index (χ0n) is 12.3. The Labute approximate surface area is 123 Å². The summed E-state index contributed by atoms with van der Waals surface area (Å²) < 4.78 is 21.1. The van der Waals surface area contributed by atoms with Gasteiger partial charge < -0.3 is 14.4 Å². The normalized spacial score (nSPS) is 11.1. The van der Waals surface area contributed by atoms with E-state index in [0.29, 0.717) is 30.9 Å². The van der Waals surface area contributed by atoms with Gasteiger partial charge >= 0.3 is 0 Å². The topological polar surface area (TPSA) is 50.5 Å². The molecule has 0 amide bonds. The van der Waals surface area contributed by atoms with Gasteiger partial charge in [-0.25, -0.2) is 9.37 Å². The molecule has 6 heteroatoms. The van der Waals surface area contributed by atoms with Crippen molar-refractivity contribution in [3.63, 3.8) is 0 Å². The van der Waals surface area contributed by atoms with Gasteiger partial charge in [0.25, 0.3) is 0 Å². The molecule has 0 saturated heterocycles. The Kier molecular flexibility index (Phi) is 5.30. The molecule has 2 aromatic rings. The summed E-state index contributed by atoms with van der Waals surface area (Å²) in [6.45, 7) is 1.40. The maximum atomic E-state index is 14.0. The van der Waals surface area contributed by atoms with Crippen LogP contribution in [-0.4, -0.2) is 39.8 Å². The number of aliphatic hydroxyl groups is 1. The van der Waals surface area contributed by atoms with Crippen molar-refractivity contribution in [3.8, 4) is 5.75 Å². The second-order valence-corrected chi connectivity index (χ2v) is 4.85. The summed E-state index contributed by atoms with van der Waals surface area (Å²) in [5.41, 5.74) is 1.49. The Bertz CT molecular complexity index is 586. The minimum absolute atomic E-state index is 0.00855. The first-order valence-corrected chi connectivity index (χ1v) is 6.75. The van der Waals surface area contributed by atoms with Crippen molar-refractivity contribution in [1.82, 2.24) is 14.5 Å². The lowest BCUT2D eigenvalue weighted by Gasteiger charge is -2.22. The lowest BCUT2D eigenvalue weighted by Crippen LogP contribution is -2.27. The highest BCUT2D eigenvalue weighted by molar-refractivity contribution is 5.34. The van der Waals surface area contributed by atoms with E-state index in [2.05, 4.69) is 4.98 Å². The first-order valence-electron chi connectivity index (χ1n) is 6.75. The van der Waals surface area contributed by atoms with Gasteiger partial charge in [-0.05, 0) is 12.1 Å². The van der Waals surface area contributed by atoms with Crippen LogP contribution in [-0.2, 0) is 20.1 Å². The summed E-state index contributed by atoms with van der Waals surface area (Å²) in [5, 5.41) is 9.22. The third-order valence-corrected chi connectivity index (χ3v) is 3.40. The van der Waals surface area contributed by atoms with E-state index in [1.807, 2.05) is 16.5 Å². The van der Waals surface area contributed by atoms with Crippen LogP contribution in [0.4, 0.5) is 4.39 Å². The summed E-state index contributed by atoms with van der Waals surface area (Å²) in [7, 11) is 3.43. The Morgan fingerprint density at radius 3 is 2.81 bits per heavy atom. The molecule has 0 unspecified atom stereocenters. The summed E-state index contributed by atoms with van der Waals surface area (Å²) in [4.78, 5) is 6.02. The van der Waals surface area contributed by atoms with Crippen LogP contribution in [0.3, 0.4) is 0 Å². The van der Waals surface area contributed by atoms with Gasteiger partial charge in [0.15, 0.2) is 0 Å². The van der Waals surface area contributed by atoms with Gasteiger partial charge in [-0.15, -0.1) is 0 Å². The maximum Gasteiger partial charge on any atom is 0.131 e. The van der Waals surface area contributed by atoms with Crippen LogP contribution in [0.2, 0.25) is 0 Å². The quantitative estimate of drug-likeness (QED) is 0.842. The molecule has 1 aromatic heterocycles. The van der Waals surface area contributed by atoms with E-state index in [1.165, 1.54) is 13.2 Å². The molecular formula is C15H20FN3O2. The lowest BCUT2D eigenvalue weighted by molar-refractivity contribution is 0.178. The third kappa shape index (κ3) is 3.80. The Balaban J connectivity index is 2.18. The standard InChI is InChI=1S/C15H20FN3O2/c1-18-11-17-8-12(18)9-19(6-7-20)10-13-14(16)4-3-5-15(13)21-2/h3-5,8,11,20H,6-7,9-10H2,1-2H3. The predicted molar refractivity (Wildman–Crippen MR) is 77.4 cm³/mol. The largest absolute Gasteiger partial charge is 0.496 e. The molecule has 0 fully saturated rings. The number of ether oxygens (including phenoxy) is 1. The van der Waals surface area contributed by atoms with Crippen molar-refractivity contribution in [2.24, 2.45) is 7.05 Å². The smallest absolute Gasteiger partial charge is 0.131 e. The molecule has 114 valence electrons. The number of halogens is 1.